The molecular formula is C21H23N3O3. The van der Waals surface area contributed by atoms with E-state index in [1.807, 2.05) is 36.4 Å². The van der Waals surface area contributed by atoms with E-state index in [-0.39, 0.29) is 5.56 Å². The van der Waals surface area contributed by atoms with Gasteiger partial charge < -0.3 is 24.7 Å². The fraction of sp³-hybridized carbons (Fsp3) is 0.286. The van der Waals surface area contributed by atoms with Gasteiger partial charge in [0.05, 0.1) is 25.8 Å². The molecule has 6 nitrogen and oxygen atoms in total. The normalized spacial score (nSPS) is 14.3. The van der Waals surface area contributed by atoms with Crippen molar-refractivity contribution in [3.63, 3.8) is 0 Å². The van der Waals surface area contributed by atoms with Crippen LogP contribution in [0.15, 0.2) is 53.3 Å². The maximum Gasteiger partial charge on any atom is 0.253 e. The standard InChI is InChI=1S/C21H23N3O3/c1-26-19-7-2-15-12-16(21(25)23-20(15)13-19)14-22-17-3-5-18(6-4-17)24-8-10-27-11-9-24/h2-7,12-13,22H,8-11,14H2,1H3,(H,23,25). The summed E-state index contributed by atoms with van der Waals surface area (Å²) in [6, 6.07) is 15.9. The van der Waals surface area contributed by atoms with Crippen LogP contribution in [0.5, 0.6) is 5.75 Å². The Morgan fingerprint density at radius 3 is 2.63 bits per heavy atom. The molecule has 3 aromatic rings. The molecule has 2 N–H and O–H groups in total. The minimum Gasteiger partial charge on any atom is -0.497 e. The topological polar surface area (TPSA) is 66.6 Å². The van der Waals surface area contributed by atoms with Gasteiger partial charge in [-0.1, -0.05) is 0 Å². The fourth-order valence-electron chi connectivity index (χ4n) is 3.29. The van der Waals surface area contributed by atoms with E-state index in [0.717, 1.165) is 48.6 Å². The molecule has 0 bridgehead atoms. The van der Waals surface area contributed by atoms with Crippen molar-refractivity contribution in [1.82, 2.24) is 4.98 Å². The van der Waals surface area contributed by atoms with Gasteiger partial charge in [0.15, 0.2) is 0 Å². The SMILES string of the molecule is COc1ccc2cc(CNc3ccc(N4CCOCC4)cc3)c(=O)[nH]c2c1. The molecule has 6 heteroatoms. The van der Waals surface area contributed by atoms with Crippen molar-refractivity contribution in [1.29, 1.82) is 0 Å². The number of ether oxygens (including phenoxy) is 2. The number of pyridine rings is 1. The first-order chi connectivity index (χ1) is 13.2. The van der Waals surface area contributed by atoms with E-state index in [0.29, 0.717) is 12.1 Å². The van der Waals surface area contributed by atoms with Gasteiger partial charge in [-0.05, 0) is 47.9 Å². The quantitative estimate of drug-likeness (QED) is 0.728. The number of aromatic nitrogens is 1. The van der Waals surface area contributed by atoms with Crippen molar-refractivity contribution >= 4 is 22.3 Å². The van der Waals surface area contributed by atoms with Crippen LogP contribution in [0.3, 0.4) is 0 Å². The second-order valence-corrected chi connectivity index (χ2v) is 6.58. The highest BCUT2D eigenvalue weighted by Gasteiger charge is 2.11. The Balaban J connectivity index is 1.46. The molecular weight excluding hydrogens is 342 g/mol. The first kappa shape index (κ1) is 17.4. The number of nitrogens with one attached hydrogen (secondary N) is 2. The third-order valence-electron chi connectivity index (χ3n) is 4.86. The molecule has 0 atom stereocenters. The first-order valence-corrected chi connectivity index (χ1v) is 9.09. The summed E-state index contributed by atoms with van der Waals surface area (Å²) >= 11 is 0. The van der Waals surface area contributed by atoms with Crippen molar-refractivity contribution in [2.24, 2.45) is 0 Å². The van der Waals surface area contributed by atoms with Crippen LogP contribution >= 0.6 is 0 Å². The average molecular weight is 365 g/mol. The Morgan fingerprint density at radius 1 is 1.11 bits per heavy atom. The number of rotatable bonds is 5. The van der Waals surface area contributed by atoms with Gasteiger partial charge in [-0.25, -0.2) is 0 Å². The number of fused-ring (bicyclic) bond motifs is 1. The summed E-state index contributed by atoms with van der Waals surface area (Å²) in [7, 11) is 1.61. The van der Waals surface area contributed by atoms with Crippen molar-refractivity contribution < 1.29 is 9.47 Å². The summed E-state index contributed by atoms with van der Waals surface area (Å²) in [6.07, 6.45) is 0. The van der Waals surface area contributed by atoms with E-state index < -0.39 is 0 Å². The van der Waals surface area contributed by atoms with Crippen LogP contribution in [0.25, 0.3) is 10.9 Å². The molecule has 2 aromatic carbocycles. The Morgan fingerprint density at radius 2 is 1.89 bits per heavy atom. The van der Waals surface area contributed by atoms with Gasteiger partial charge >= 0.3 is 0 Å². The smallest absolute Gasteiger partial charge is 0.253 e. The third-order valence-corrected chi connectivity index (χ3v) is 4.86. The highest BCUT2D eigenvalue weighted by molar-refractivity contribution is 5.80. The highest BCUT2D eigenvalue weighted by atomic mass is 16.5. The van der Waals surface area contributed by atoms with Crippen molar-refractivity contribution in [3.8, 4) is 5.75 Å². The molecule has 0 unspecified atom stereocenters. The summed E-state index contributed by atoms with van der Waals surface area (Å²) in [5, 5.41) is 4.31. The van der Waals surface area contributed by atoms with Crippen LogP contribution < -0.4 is 20.5 Å². The number of methoxy groups -OCH3 is 1. The molecule has 1 aliphatic heterocycles. The van der Waals surface area contributed by atoms with Crippen molar-refractivity contribution in [3.05, 3.63) is 64.4 Å². The summed E-state index contributed by atoms with van der Waals surface area (Å²) in [5.41, 5.74) is 3.57. The molecule has 1 aliphatic rings. The summed E-state index contributed by atoms with van der Waals surface area (Å²) in [5.74, 6) is 0.726. The number of hydrogen-bond acceptors (Lipinski definition) is 5. The number of nitrogens with zero attached hydrogens (tertiary/aromatic N) is 1. The van der Waals surface area contributed by atoms with E-state index in [1.54, 1.807) is 7.11 Å². The molecule has 1 aromatic heterocycles. The van der Waals surface area contributed by atoms with Crippen LogP contribution in [0.4, 0.5) is 11.4 Å². The lowest BCUT2D eigenvalue weighted by Gasteiger charge is -2.28. The third kappa shape index (κ3) is 3.90. The second-order valence-electron chi connectivity index (χ2n) is 6.58. The summed E-state index contributed by atoms with van der Waals surface area (Å²) in [6.45, 7) is 3.86. The number of benzene rings is 2. The minimum atomic E-state index is -0.0896. The predicted molar refractivity (Wildman–Crippen MR) is 108 cm³/mol. The number of H-pyrrole nitrogens is 1. The highest BCUT2D eigenvalue weighted by Crippen LogP contribution is 2.21. The fourth-order valence-corrected chi connectivity index (χ4v) is 3.29. The molecule has 0 amide bonds. The zero-order chi connectivity index (χ0) is 18.6. The summed E-state index contributed by atoms with van der Waals surface area (Å²) < 4.78 is 10.6. The Hall–Kier alpha value is -2.99. The minimum absolute atomic E-state index is 0.0896. The molecule has 2 heterocycles. The zero-order valence-electron chi connectivity index (χ0n) is 15.3. The number of aromatic amines is 1. The molecule has 1 fully saturated rings. The van der Waals surface area contributed by atoms with Crippen LogP contribution in [0.1, 0.15) is 5.56 Å². The van der Waals surface area contributed by atoms with Crippen LogP contribution in [-0.2, 0) is 11.3 Å². The lowest BCUT2D eigenvalue weighted by molar-refractivity contribution is 0.122. The maximum atomic E-state index is 12.4. The lowest BCUT2D eigenvalue weighted by atomic mass is 10.1. The van der Waals surface area contributed by atoms with E-state index in [9.17, 15) is 4.79 Å². The van der Waals surface area contributed by atoms with Gasteiger partial charge in [0, 0.05) is 42.6 Å². The van der Waals surface area contributed by atoms with E-state index in [4.69, 9.17) is 9.47 Å². The van der Waals surface area contributed by atoms with Crippen molar-refractivity contribution in [2.45, 2.75) is 6.54 Å². The van der Waals surface area contributed by atoms with Gasteiger partial charge in [0.1, 0.15) is 5.75 Å². The monoisotopic (exact) mass is 365 g/mol. The molecule has 0 spiro atoms. The molecule has 140 valence electrons. The van der Waals surface area contributed by atoms with Gasteiger partial charge in [0.25, 0.3) is 5.56 Å². The largest absolute Gasteiger partial charge is 0.497 e. The van der Waals surface area contributed by atoms with Gasteiger partial charge in [-0.2, -0.15) is 0 Å². The Labute approximate surface area is 157 Å². The van der Waals surface area contributed by atoms with E-state index in [2.05, 4.69) is 27.3 Å². The predicted octanol–water partition coefficient (Wildman–Crippen LogP) is 2.99. The molecule has 0 radical (unpaired) electrons. The van der Waals surface area contributed by atoms with Crippen LogP contribution in [0, 0.1) is 0 Å². The average Bonchev–Trinajstić information content (AvgIpc) is 2.73. The number of morpholine rings is 1. The van der Waals surface area contributed by atoms with Gasteiger partial charge in [-0.3, -0.25) is 4.79 Å². The Kier molecular flexibility index (Phi) is 4.98. The zero-order valence-corrected chi connectivity index (χ0v) is 15.3. The number of anilines is 2. The summed E-state index contributed by atoms with van der Waals surface area (Å²) in [4.78, 5) is 17.6. The molecule has 4 rings (SSSR count). The maximum absolute atomic E-state index is 12.4. The molecule has 27 heavy (non-hydrogen) atoms. The van der Waals surface area contributed by atoms with Gasteiger partial charge in [-0.15, -0.1) is 0 Å². The second kappa shape index (κ2) is 7.72. The molecule has 0 aliphatic carbocycles. The van der Waals surface area contributed by atoms with Gasteiger partial charge in [0.2, 0.25) is 0 Å². The van der Waals surface area contributed by atoms with Crippen LogP contribution in [-0.4, -0.2) is 38.4 Å². The first-order valence-electron chi connectivity index (χ1n) is 9.09. The lowest BCUT2D eigenvalue weighted by Crippen LogP contribution is -2.36. The molecule has 0 saturated carbocycles. The van der Waals surface area contributed by atoms with E-state index in [1.165, 1.54) is 5.69 Å². The van der Waals surface area contributed by atoms with Crippen LogP contribution in [0.2, 0.25) is 0 Å². The Bertz CT molecular complexity index is 976. The van der Waals surface area contributed by atoms with E-state index >= 15 is 0 Å². The van der Waals surface area contributed by atoms with Crippen molar-refractivity contribution in [2.75, 3.05) is 43.6 Å². The molecule has 1 saturated heterocycles. The number of hydrogen-bond donors (Lipinski definition) is 2.